The predicted molar refractivity (Wildman–Crippen MR) is 82.6 cm³/mol. The Kier molecular flexibility index (Phi) is 7.67. The van der Waals surface area contributed by atoms with E-state index in [1.807, 2.05) is 12.1 Å². The molecule has 0 atom stereocenters. The maximum atomic E-state index is 11.6. The molecule has 1 aromatic rings. The van der Waals surface area contributed by atoms with Crippen molar-refractivity contribution in [2.45, 2.75) is 32.1 Å². The van der Waals surface area contributed by atoms with Gasteiger partial charge in [-0.15, -0.1) is 0 Å². The molecule has 0 radical (unpaired) electrons. The predicted octanol–water partition coefficient (Wildman–Crippen LogP) is 1.35. The molecule has 0 heterocycles. The number of unbranched alkanes of at least 4 members (excludes halogenated alkanes) is 1. The van der Waals surface area contributed by atoms with Crippen molar-refractivity contribution >= 4 is 17.8 Å². The molecule has 6 heteroatoms. The third-order valence-corrected chi connectivity index (χ3v) is 3.20. The molecule has 0 bridgehead atoms. The molecule has 0 unspecified atom stereocenters. The van der Waals surface area contributed by atoms with Crippen molar-refractivity contribution in [2.75, 3.05) is 13.6 Å². The van der Waals surface area contributed by atoms with Gasteiger partial charge in [0.05, 0.1) is 0 Å². The van der Waals surface area contributed by atoms with Gasteiger partial charge in [-0.25, -0.2) is 0 Å². The molecule has 0 aliphatic carbocycles. The van der Waals surface area contributed by atoms with Crippen LogP contribution in [0.3, 0.4) is 0 Å². The number of rotatable bonds is 9. The van der Waals surface area contributed by atoms with Gasteiger partial charge in [0.15, 0.2) is 0 Å². The van der Waals surface area contributed by atoms with E-state index in [0.717, 1.165) is 5.56 Å². The summed E-state index contributed by atoms with van der Waals surface area (Å²) in [7, 11) is 1.58. The van der Waals surface area contributed by atoms with E-state index in [0.29, 0.717) is 37.8 Å². The zero-order valence-electron chi connectivity index (χ0n) is 12.7. The van der Waals surface area contributed by atoms with Crippen molar-refractivity contribution < 1.29 is 19.5 Å². The van der Waals surface area contributed by atoms with Crippen LogP contribution in [-0.4, -0.2) is 36.5 Å². The molecular formula is C16H22N2O4. The van der Waals surface area contributed by atoms with Gasteiger partial charge in [0.2, 0.25) is 5.91 Å². The zero-order chi connectivity index (χ0) is 16.4. The fourth-order valence-electron chi connectivity index (χ4n) is 2.01. The fraction of sp³-hybridized carbons (Fsp3) is 0.438. The van der Waals surface area contributed by atoms with E-state index < -0.39 is 5.97 Å². The lowest BCUT2D eigenvalue weighted by molar-refractivity contribution is -0.137. The average Bonchev–Trinajstić information content (AvgIpc) is 2.51. The number of carboxylic acid groups (broad SMARTS) is 1. The van der Waals surface area contributed by atoms with Crippen LogP contribution in [0.25, 0.3) is 0 Å². The van der Waals surface area contributed by atoms with Crippen LogP contribution in [0.2, 0.25) is 0 Å². The van der Waals surface area contributed by atoms with Crippen molar-refractivity contribution in [1.82, 2.24) is 10.6 Å². The first-order valence-electron chi connectivity index (χ1n) is 7.32. The van der Waals surface area contributed by atoms with Crippen molar-refractivity contribution in [3.8, 4) is 0 Å². The smallest absolute Gasteiger partial charge is 0.303 e. The number of amides is 2. The lowest BCUT2D eigenvalue weighted by Gasteiger charge is -2.06. The van der Waals surface area contributed by atoms with E-state index >= 15 is 0 Å². The number of nitrogens with one attached hydrogen (secondary N) is 2. The van der Waals surface area contributed by atoms with E-state index in [1.165, 1.54) is 0 Å². The highest BCUT2D eigenvalue weighted by Crippen LogP contribution is 2.06. The minimum absolute atomic E-state index is 0.0761. The van der Waals surface area contributed by atoms with E-state index in [-0.39, 0.29) is 18.2 Å². The molecule has 0 aliphatic rings. The number of hydrogen-bond donors (Lipinski definition) is 3. The lowest BCUT2D eigenvalue weighted by atomic mass is 10.1. The normalized spacial score (nSPS) is 10.0. The molecule has 2 amide bonds. The molecule has 0 aliphatic heterocycles. The second-order valence-electron chi connectivity index (χ2n) is 4.98. The fourth-order valence-corrected chi connectivity index (χ4v) is 2.01. The van der Waals surface area contributed by atoms with Crippen LogP contribution in [0.15, 0.2) is 24.3 Å². The van der Waals surface area contributed by atoms with Crippen LogP contribution in [0.4, 0.5) is 0 Å². The van der Waals surface area contributed by atoms with Gasteiger partial charge in [-0.3, -0.25) is 14.4 Å². The Labute approximate surface area is 129 Å². The summed E-state index contributed by atoms with van der Waals surface area (Å²) in [6.45, 7) is 0.495. The average molecular weight is 306 g/mol. The summed E-state index contributed by atoms with van der Waals surface area (Å²) in [5.41, 5.74) is 1.58. The van der Waals surface area contributed by atoms with Gasteiger partial charge in [0.25, 0.3) is 5.91 Å². The van der Waals surface area contributed by atoms with E-state index in [2.05, 4.69) is 10.6 Å². The summed E-state index contributed by atoms with van der Waals surface area (Å²) < 4.78 is 0. The third kappa shape index (κ3) is 6.88. The first-order chi connectivity index (χ1) is 10.5. The molecule has 0 aromatic heterocycles. The van der Waals surface area contributed by atoms with Crippen LogP contribution >= 0.6 is 0 Å². The van der Waals surface area contributed by atoms with Crippen molar-refractivity contribution in [1.29, 1.82) is 0 Å². The monoisotopic (exact) mass is 306 g/mol. The van der Waals surface area contributed by atoms with Crippen LogP contribution in [0.5, 0.6) is 0 Å². The minimum Gasteiger partial charge on any atom is -0.481 e. The number of carbonyl (C=O) groups excluding carboxylic acids is 2. The summed E-state index contributed by atoms with van der Waals surface area (Å²) in [6, 6.07) is 7.26. The maximum Gasteiger partial charge on any atom is 0.303 e. The van der Waals surface area contributed by atoms with Gasteiger partial charge in [0, 0.05) is 32.0 Å². The molecule has 1 aromatic carbocycles. The van der Waals surface area contributed by atoms with Gasteiger partial charge >= 0.3 is 5.97 Å². The third-order valence-electron chi connectivity index (χ3n) is 3.20. The number of carbonyl (C=O) groups is 3. The number of hydrogen-bond acceptors (Lipinski definition) is 3. The van der Waals surface area contributed by atoms with E-state index in [1.54, 1.807) is 19.2 Å². The highest BCUT2D eigenvalue weighted by molar-refractivity contribution is 5.94. The first kappa shape index (κ1) is 17.7. The largest absolute Gasteiger partial charge is 0.481 e. The molecular weight excluding hydrogens is 284 g/mol. The summed E-state index contributed by atoms with van der Waals surface area (Å²) in [5.74, 6) is -1.05. The first-order valence-corrected chi connectivity index (χ1v) is 7.32. The molecule has 0 saturated heterocycles. The van der Waals surface area contributed by atoms with Crippen LogP contribution in [0.1, 0.15) is 41.6 Å². The maximum absolute atomic E-state index is 11.6. The summed E-state index contributed by atoms with van der Waals surface area (Å²) in [6.07, 6.45) is 2.16. The van der Waals surface area contributed by atoms with Crippen molar-refractivity contribution in [2.24, 2.45) is 0 Å². The molecule has 0 saturated carbocycles. The molecule has 22 heavy (non-hydrogen) atoms. The Morgan fingerprint density at radius 3 is 2.55 bits per heavy atom. The van der Waals surface area contributed by atoms with Crippen molar-refractivity contribution in [3.63, 3.8) is 0 Å². The quantitative estimate of drug-likeness (QED) is 0.600. The summed E-state index contributed by atoms with van der Waals surface area (Å²) in [4.78, 5) is 33.4. The Bertz CT molecular complexity index is 529. The summed E-state index contributed by atoms with van der Waals surface area (Å²) in [5, 5.41) is 13.9. The Morgan fingerprint density at radius 2 is 1.86 bits per heavy atom. The number of carboxylic acids is 1. The van der Waals surface area contributed by atoms with Gasteiger partial charge in [-0.1, -0.05) is 12.1 Å². The highest BCUT2D eigenvalue weighted by atomic mass is 16.4. The zero-order valence-corrected chi connectivity index (χ0v) is 12.7. The standard InChI is InChI=1S/C16H22N2O4/c1-17-16(22)13-6-4-5-12(11-13)9-10-18-14(19)7-2-3-8-15(20)21/h4-6,11H,2-3,7-10H2,1H3,(H,17,22)(H,18,19)(H,20,21). The minimum atomic E-state index is -0.837. The topological polar surface area (TPSA) is 95.5 Å². The van der Waals surface area contributed by atoms with Crippen LogP contribution in [-0.2, 0) is 16.0 Å². The van der Waals surface area contributed by atoms with Gasteiger partial charge in [-0.2, -0.15) is 0 Å². The van der Waals surface area contributed by atoms with Crippen LogP contribution < -0.4 is 10.6 Å². The van der Waals surface area contributed by atoms with Gasteiger partial charge in [0.1, 0.15) is 0 Å². The molecule has 1 rings (SSSR count). The number of benzene rings is 1. The Hall–Kier alpha value is -2.37. The molecule has 3 N–H and O–H groups in total. The lowest BCUT2D eigenvalue weighted by Crippen LogP contribution is -2.25. The second kappa shape index (κ2) is 9.55. The highest BCUT2D eigenvalue weighted by Gasteiger charge is 2.05. The second-order valence-corrected chi connectivity index (χ2v) is 4.98. The van der Waals surface area contributed by atoms with E-state index in [9.17, 15) is 14.4 Å². The van der Waals surface area contributed by atoms with E-state index in [4.69, 9.17) is 5.11 Å². The van der Waals surface area contributed by atoms with Gasteiger partial charge < -0.3 is 15.7 Å². The molecule has 0 fully saturated rings. The number of aliphatic carboxylic acids is 1. The summed E-state index contributed by atoms with van der Waals surface area (Å²) >= 11 is 0. The van der Waals surface area contributed by atoms with Crippen molar-refractivity contribution in [3.05, 3.63) is 35.4 Å². The Morgan fingerprint density at radius 1 is 1.14 bits per heavy atom. The van der Waals surface area contributed by atoms with Crippen LogP contribution in [0, 0.1) is 0 Å². The Balaban J connectivity index is 2.27. The van der Waals surface area contributed by atoms with Gasteiger partial charge in [-0.05, 0) is 37.0 Å². The SMILES string of the molecule is CNC(=O)c1cccc(CCNC(=O)CCCCC(=O)O)c1. The molecule has 120 valence electrons. The molecule has 0 spiro atoms. The molecule has 6 nitrogen and oxygen atoms in total.